The van der Waals surface area contributed by atoms with Crippen molar-refractivity contribution < 1.29 is 19.1 Å². The summed E-state index contributed by atoms with van der Waals surface area (Å²) in [6.45, 7) is 2.35. The van der Waals surface area contributed by atoms with Gasteiger partial charge in [0.2, 0.25) is 0 Å². The molecule has 0 radical (unpaired) electrons. The van der Waals surface area contributed by atoms with Gasteiger partial charge in [-0.15, -0.1) is 0 Å². The second kappa shape index (κ2) is 6.60. The first kappa shape index (κ1) is 16.8. The number of aromatic nitrogens is 3. The topological polar surface area (TPSA) is 90.4 Å². The zero-order valence-corrected chi connectivity index (χ0v) is 14.8. The summed E-state index contributed by atoms with van der Waals surface area (Å²) >= 11 is 0. The van der Waals surface area contributed by atoms with Crippen LogP contribution in [0.25, 0.3) is 22.5 Å². The average molecular weight is 363 g/mol. The molecule has 0 spiro atoms. The fourth-order valence-corrected chi connectivity index (χ4v) is 3.06. The maximum atomic E-state index is 11.8. The number of carboxylic acid groups (broad SMARTS) is 1. The predicted octanol–water partition coefficient (Wildman–Crippen LogP) is 3.75. The minimum absolute atomic E-state index is 0.157. The van der Waals surface area contributed by atoms with Gasteiger partial charge in [-0.1, -0.05) is 12.1 Å². The molecule has 3 aromatic heterocycles. The number of furan rings is 1. The van der Waals surface area contributed by atoms with Crippen molar-refractivity contribution in [2.45, 2.75) is 13.5 Å². The van der Waals surface area contributed by atoms with Crippen LogP contribution in [0.5, 0.6) is 5.75 Å². The Hall–Kier alpha value is -3.61. The molecule has 7 nitrogen and oxygen atoms in total. The smallest absolute Gasteiger partial charge is 0.336 e. The molecule has 0 saturated carbocycles. The summed E-state index contributed by atoms with van der Waals surface area (Å²) in [4.78, 5) is 16.3. The minimum atomic E-state index is -1.03. The van der Waals surface area contributed by atoms with E-state index in [0.717, 1.165) is 17.0 Å². The highest BCUT2D eigenvalue weighted by molar-refractivity contribution is 6.03. The van der Waals surface area contributed by atoms with Crippen molar-refractivity contribution in [3.8, 4) is 17.2 Å². The van der Waals surface area contributed by atoms with E-state index in [1.165, 1.54) is 12.3 Å². The van der Waals surface area contributed by atoms with E-state index < -0.39 is 5.97 Å². The van der Waals surface area contributed by atoms with Crippen LogP contribution in [0.4, 0.5) is 0 Å². The van der Waals surface area contributed by atoms with E-state index in [1.54, 1.807) is 23.9 Å². The number of aromatic carboxylic acids is 1. The Bertz CT molecular complexity index is 1110. The van der Waals surface area contributed by atoms with E-state index in [2.05, 4.69) is 10.1 Å². The number of rotatable bonds is 5. The van der Waals surface area contributed by atoms with Gasteiger partial charge in [0.15, 0.2) is 11.4 Å². The third-order valence-corrected chi connectivity index (χ3v) is 4.46. The quantitative estimate of drug-likeness (QED) is 0.581. The van der Waals surface area contributed by atoms with Crippen molar-refractivity contribution in [1.29, 1.82) is 0 Å². The SMILES string of the molecule is COc1ccc(Cn2nc3nc(-c4ccco4)cc(C(=O)O)c3c2C)cc1. The van der Waals surface area contributed by atoms with Crippen molar-refractivity contribution in [1.82, 2.24) is 14.8 Å². The number of pyridine rings is 1. The summed E-state index contributed by atoms with van der Waals surface area (Å²) in [5, 5.41) is 14.7. The van der Waals surface area contributed by atoms with Gasteiger partial charge < -0.3 is 14.3 Å². The van der Waals surface area contributed by atoms with E-state index in [-0.39, 0.29) is 5.56 Å². The average Bonchev–Trinajstić information content (AvgIpc) is 3.31. The molecule has 0 aliphatic heterocycles. The summed E-state index contributed by atoms with van der Waals surface area (Å²) in [5.74, 6) is 0.253. The van der Waals surface area contributed by atoms with Crippen molar-refractivity contribution in [2.75, 3.05) is 7.11 Å². The number of hydrogen-bond donors (Lipinski definition) is 1. The van der Waals surface area contributed by atoms with Crippen molar-refractivity contribution in [3.05, 3.63) is 65.5 Å². The van der Waals surface area contributed by atoms with Gasteiger partial charge in [-0.3, -0.25) is 4.68 Å². The van der Waals surface area contributed by atoms with Crippen molar-refractivity contribution in [2.24, 2.45) is 0 Å². The van der Waals surface area contributed by atoms with Crippen molar-refractivity contribution in [3.63, 3.8) is 0 Å². The first-order valence-electron chi connectivity index (χ1n) is 8.35. The molecule has 7 heteroatoms. The monoisotopic (exact) mass is 363 g/mol. The van der Waals surface area contributed by atoms with Gasteiger partial charge in [-0.25, -0.2) is 9.78 Å². The van der Waals surface area contributed by atoms with Crippen LogP contribution < -0.4 is 4.74 Å². The number of nitrogens with zero attached hydrogens (tertiary/aromatic N) is 3. The second-order valence-electron chi connectivity index (χ2n) is 6.13. The van der Waals surface area contributed by atoms with Crippen LogP contribution in [-0.4, -0.2) is 33.0 Å². The number of carbonyl (C=O) groups is 1. The third-order valence-electron chi connectivity index (χ3n) is 4.46. The zero-order valence-electron chi connectivity index (χ0n) is 14.8. The van der Waals surface area contributed by atoms with Crippen molar-refractivity contribution >= 4 is 17.0 Å². The molecule has 0 amide bonds. The Balaban J connectivity index is 1.81. The summed E-state index contributed by atoms with van der Waals surface area (Å²) in [6, 6.07) is 12.6. The lowest BCUT2D eigenvalue weighted by atomic mass is 10.1. The summed E-state index contributed by atoms with van der Waals surface area (Å²) in [6.07, 6.45) is 1.52. The number of benzene rings is 1. The molecule has 0 aliphatic carbocycles. The summed E-state index contributed by atoms with van der Waals surface area (Å²) in [7, 11) is 1.62. The van der Waals surface area contributed by atoms with E-state index in [0.29, 0.717) is 29.0 Å². The van der Waals surface area contributed by atoms with Crippen LogP contribution >= 0.6 is 0 Å². The highest BCUT2D eigenvalue weighted by Gasteiger charge is 2.20. The van der Waals surface area contributed by atoms with E-state index in [9.17, 15) is 9.90 Å². The molecule has 0 bridgehead atoms. The Morgan fingerprint density at radius 3 is 2.67 bits per heavy atom. The molecule has 4 aromatic rings. The minimum Gasteiger partial charge on any atom is -0.497 e. The maximum absolute atomic E-state index is 11.8. The van der Waals surface area contributed by atoms with Crippen LogP contribution in [0.15, 0.2) is 53.1 Å². The number of hydrogen-bond acceptors (Lipinski definition) is 5. The summed E-state index contributed by atoms with van der Waals surface area (Å²) < 4.78 is 12.3. The molecular weight excluding hydrogens is 346 g/mol. The highest BCUT2D eigenvalue weighted by Crippen LogP contribution is 2.27. The van der Waals surface area contributed by atoms with Gasteiger partial charge >= 0.3 is 5.97 Å². The van der Waals surface area contributed by atoms with Gasteiger partial charge in [-0.05, 0) is 42.8 Å². The number of ether oxygens (including phenoxy) is 1. The normalized spacial score (nSPS) is 11.0. The molecule has 4 rings (SSSR count). The first-order valence-corrected chi connectivity index (χ1v) is 8.35. The third kappa shape index (κ3) is 3.03. The highest BCUT2D eigenvalue weighted by atomic mass is 16.5. The Kier molecular flexibility index (Phi) is 4.12. The summed E-state index contributed by atoms with van der Waals surface area (Å²) in [5.41, 5.74) is 2.75. The molecule has 0 fully saturated rings. The molecule has 136 valence electrons. The second-order valence-corrected chi connectivity index (χ2v) is 6.13. The van der Waals surface area contributed by atoms with Crippen LogP contribution in [0.2, 0.25) is 0 Å². The number of fused-ring (bicyclic) bond motifs is 1. The van der Waals surface area contributed by atoms with Gasteiger partial charge in [0.05, 0.1) is 30.9 Å². The largest absolute Gasteiger partial charge is 0.497 e. The molecule has 0 aliphatic rings. The van der Waals surface area contributed by atoms with Gasteiger partial charge in [-0.2, -0.15) is 5.10 Å². The fourth-order valence-electron chi connectivity index (χ4n) is 3.06. The first-order chi connectivity index (χ1) is 13.1. The molecule has 27 heavy (non-hydrogen) atoms. The lowest BCUT2D eigenvalue weighted by Gasteiger charge is -2.06. The number of methoxy groups -OCH3 is 1. The van der Waals surface area contributed by atoms with Gasteiger partial charge in [0.25, 0.3) is 0 Å². The maximum Gasteiger partial charge on any atom is 0.336 e. The zero-order chi connectivity index (χ0) is 19.0. The van der Waals surface area contributed by atoms with E-state index >= 15 is 0 Å². The van der Waals surface area contributed by atoms with Crippen LogP contribution in [0.1, 0.15) is 21.6 Å². The molecule has 3 heterocycles. The van der Waals surface area contributed by atoms with Gasteiger partial charge in [0.1, 0.15) is 11.4 Å². The number of aryl methyl sites for hydroxylation is 1. The predicted molar refractivity (Wildman–Crippen MR) is 99.0 cm³/mol. The lowest BCUT2D eigenvalue weighted by Crippen LogP contribution is -2.04. The van der Waals surface area contributed by atoms with Crippen LogP contribution in [0, 0.1) is 6.92 Å². The Labute approximate surface area is 154 Å². The standard InChI is InChI=1S/C20H17N3O4/c1-12-18-15(20(24)25)10-16(17-4-3-9-27-17)21-19(18)22-23(12)11-13-5-7-14(26-2)8-6-13/h3-10H,11H2,1-2H3,(H,24,25). The molecular formula is C20H17N3O4. The lowest BCUT2D eigenvalue weighted by molar-refractivity contribution is 0.0699. The molecule has 1 N–H and O–H groups in total. The fraction of sp³-hybridized carbons (Fsp3) is 0.150. The van der Waals surface area contributed by atoms with Crippen LogP contribution in [0.3, 0.4) is 0 Å². The molecule has 1 aromatic carbocycles. The number of carboxylic acids is 1. The van der Waals surface area contributed by atoms with Gasteiger partial charge in [0, 0.05) is 5.69 Å². The molecule has 0 saturated heterocycles. The van der Waals surface area contributed by atoms with E-state index in [4.69, 9.17) is 9.15 Å². The molecule has 0 atom stereocenters. The Morgan fingerprint density at radius 1 is 1.26 bits per heavy atom. The Morgan fingerprint density at radius 2 is 2.04 bits per heavy atom. The van der Waals surface area contributed by atoms with E-state index in [1.807, 2.05) is 31.2 Å². The molecule has 0 unspecified atom stereocenters. The van der Waals surface area contributed by atoms with Crippen LogP contribution in [-0.2, 0) is 6.54 Å².